The minimum absolute atomic E-state index is 0.00412. The molecule has 0 saturated heterocycles. The van der Waals surface area contributed by atoms with Crippen molar-refractivity contribution in [2.45, 2.75) is 62.2 Å². The fraction of sp³-hybridized carbons (Fsp3) is 0.186. The van der Waals surface area contributed by atoms with Crippen LogP contribution in [0.3, 0.4) is 0 Å². The van der Waals surface area contributed by atoms with Gasteiger partial charge in [-0.2, -0.15) is 5.26 Å². The van der Waals surface area contributed by atoms with E-state index in [1.165, 1.54) is 21.9 Å². The SMILES string of the molecule is CC(C)(C)c1ccnc(-n2c3ccccc3c3ccc(Sc4cc5c(cc4C#N)c4ccccc4n5-c4cc(C(C)(C)C)ccn4)cc32)c1. The molecule has 4 aromatic carbocycles. The second-order valence-corrected chi connectivity index (χ2v) is 15.9. The number of aromatic nitrogens is 4. The summed E-state index contributed by atoms with van der Waals surface area (Å²) >= 11 is 1.62. The Morgan fingerprint density at radius 3 is 1.61 bits per heavy atom. The zero-order chi connectivity index (χ0) is 34.1. The van der Waals surface area contributed by atoms with Crippen LogP contribution < -0.4 is 0 Å². The lowest BCUT2D eigenvalue weighted by Gasteiger charge is -2.20. The van der Waals surface area contributed by atoms with Crippen molar-refractivity contribution in [3.8, 4) is 17.7 Å². The molecular formula is C43H37N5S. The molecule has 0 aliphatic carbocycles. The van der Waals surface area contributed by atoms with E-state index in [4.69, 9.17) is 9.97 Å². The fourth-order valence-corrected chi connectivity index (χ4v) is 7.76. The van der Waals surface area contributed by atoms with Crippen LogP contribution in [0.5, 0.6) is 0 Å². The average molecular weight is 656 g/mol. The molecule has 0 bridgehead atoms. The molecule has 0 atom stereocenters. The maximum Gasteiger partial charge on any atom is 0.137 e. The van der Waals surface area contributed by atoms with Gasteiger partial charge in [-0.3, -0.25) is 9.13 Å². The third-order valence-corrected chi connectivity index (χ3v) is 10.5. The van der Waals surface area contributed by atoms with Gasteiger partial charge < -0.3 is 0 Å². The van der Waals surface area contributed by atoms with Crippen molar-refractivity contribution in [3.63, 3.8) is 0 Å². The van der Waals surface area contributed by atoms with E-state index >= 15 is 0 Å². The molecule has 49 heavy (non-hydrogen) atoms. The highest BCUT2D eigenvalue weighted by Crippen LogP contribution is 2.41. The maximum atomic E-state index is 10.4. The minimum Gasteiger partial charge on any atom is -0.294 e. The van der Waals surface area contributed by atoms with Crippen molar-refractivity contribution in [2.24, 2.45) is 0 Å². The Hall–Kier alpha value is -5.38. The van der Waals surface area contributed by atoms with Crippen molar-refractivity contribution in [2.75, 3.05) is 0 Å². The molecule has 0 saturated carbocycles. The average Bonchev–Trinajstić information content (AvgIpc) is 3.59. The second kappa shape index (κ2) is 11.4. The molecule has 0 aliphatic heterocycles. The number of hydrogen-bond acceptors (Lipinski definition) is 4. The first-order valence-electron chi connectivity index (χ1n) is 16.6. The lowest BCUT2D eigenvalue weighted by molar-refractivity contribution is 0.588. The van der Waals surface area contributed by atoms with Crippen molar-refractivity contribution in [3.05, 3.63) is 132 Å². The van der Waals surface area contributed by atoms with Gasteiger partial charge >= 0.3 is 0 Å². The molecule has 4 heterocycles. The standard InChI is InChI=1S/C43H37N5S/c1-42(2,3)28-17-19-45-40(22-28)47-35-13-9-7-11-31(35)33-16-15-30(24-37(33)47)49-39-25-38-34(21-27(39)26-44)32-12-8-10-14-36(32)48(38)41-23-29(18-20-46-41)43(4,5)6/h7-25H,1-6H3. The smallest absolute Gasteiger partial charge is 0.137 e. The number of para-hydroxylation sites is 2. The Morgan fingerprint density at radius 1 is 0.551 bits per heavy atom. The van der Waals surface area contributed by atoms with Gasteiger partial charge in [0, 0.05) is 43.7 Å². The molecular weight excluding hydrogens is 619 g/mol. The predicted octanol–water partition coefficient (Wildman–Crippen LogP) is 11.3. The summed E-state index contributed by atoms with van der Waals surface area (Å²) < 4.78 is 4.50. The molecule has 0 radical (unpaired) electrons. The molecule has 6 heteroatoms. The predicted molar refractivity (Wildman–Crippen MR) is 203 cm³/mol. The summed E-state index contributed by atoms with van der Waals surface area (Å²) in [5.74, 6) is 1.77. The molecule has 8 aromatic rings. The highest BCUT2D eigenvalue weighted by molar-refractivity contribution is 7.99. The van der Waals surface area contributed by atoms with E-state index in [0.29, 0.717) is 5.56 Å². The van der Waals surface area contributed by atoms with Crippen molar-refractivity contribution in [1.29, 1.82) is 5.26 Å². The molecule has 0 aliphatic rings. The van der Waals surface area contributed by atoms with Gasteiger partial charge in [0.2, 0.25) is 0 Å². The molecule has 0 amide bonds. The van der Waals surface area contributed by atoms with E-state index in [1.807, 2.05) is 18.5 Å². The monoisotopic (exact) mass is 655 g/mol. The van der Waals surface area contributed by atoms with Crippen LogP contribution >= 0.6 is 11.8 Å². The molecule has 240 valence electrons. The lowest BCUT2D eigenvalue weighted by Crippen LogP contribution is -2.12. The topological polar surface area (TPSA) is 59.4 Å². The zero-order valence-electron chi connectivity index (χ0n) is 28.6. The van der Waals surface area contributed by atoms with Crippen LogP contribution in [0.1, 0.15) is 58.2 Å². The number of rotatable bonds is 4. The summed E-state index contributed by atoms with van der Waals surface area (Å²) in [5, 5.41) is 14.9. The largest absolute Gasteiger partial charge is 0.294 e. The highest BCUT2D eigenvalue weighted by Gasteiger charge is 2.21. The second-order valence-electron chi connectivity index (χ2n) is 14.8. The lowest BCUT2D eigenvalue weighted by atomic mass is 9.88. The van der Waals surface area contributed by atoms with Gasteiger partial charge in [-0.1, -0.05) is 95.8 Å². The van der Waals surface area contributed by atoms with Crippen molar-refractivity contribution in [1.82, 2.24) is 19.1 Å². The normalized spacial score (nSPS) is 12.3. The highest BCUT2D eigenvalue weighted by atomic mass is 32.2. The Morgan fingerprint density at radius 2 is 1.06 bits per heavy atom. The third kappa shape index (κ3) is 5.26. The van der Waals surface area contributed by atoms with Crippen molar-refractivity contribution < 1.29 is 0 Å². The van der Waals surface area contributed by atoms with Crippen LogP contribution in [0.4, 0.5) is 0 Å². The Labute approximate surface area is 290 Å². The van der Waals surface area contributed by atoms with Gasteiger partial charge in [0.1, 0.15) is 17.7 Å². The summed E-state index contributed by atoms with van der Waals surface area (Å²) in [6.07, 6.45) is 3.81. The number of fused-ring (bicyclic) bond motifs is 6. The summed E-state index contributed by atoms with van der Waals surface area (Å²) in [6.45, 7) is 13.4. The number of nitriles is 1. The first-order valence-corrected chi connectivity index (χ1v) is 17.4. The van der Waals surface area contributed by atoms with E-state index < -0.39 is 0 Å². The third-order valence-electron chi connectivity index (χ3n) is 9.45. The first kappa shape index (κ1) is 30.9. The van der Waals surface area contributed by atoms with E-state index in [-0.39, 0.29) is 10.8 Å². The van der Waals surface area contributed by atoms with E-state index in [9.17, 15) is 5.26 Å². The summed E-state index contributed by atoms with van der Waals surface area (Å²) in [5.41, 5.74) is 7.38. The summed E-state index contributed by atoms with van der Waals surface area (Å²) in [7, 11) is 0. The Balaban J connectivity index is 1.31. The number of nitrogens with zero attached hydrogens (tertiary/aromatic N) is 5. The van der Waals surface area contributed by atoms with Gasteiger partial charge in [-0.25, -0.2) is 9.97 Å². The van der Waals surface area contributed by atoms with Crippen LogP contribution in [-0.4, -0.2) is 19.1 Å². The van der Waals surface area contributed by atoms with Crippen LogP contribution in [0, 0.1) is 11.3 Å². The quantitative estimate of drug-likeness (QED) is 0.189. The molecule has 0 fully saturated rings. The fourth-order valence-electron chi connectivity index (χ4n) is 6.82. The minimum atomic E-state index is -0.0177. The number of hydrogen-bond donors (Lipinski definition) is 0. The molecule has 4 aromatic heterocycles. The van der Waals surface area contributed by atoms with E-state index in [1.54, 1.807) is 11.8 Å². The van der Waals surface area contributed by atoms with Gasteiger partial charge in [0.25, 0.3) is 0 Å². The van der Waals surface area contributed by atoms with Crippen molar-refractivity contribution >= 4 is 55.4 Å². The van der Waals surface area contributed by atoms with Gasteiger partial charge in [-0.15, -0.1) is 0 Å². The molecule has 5 nitrogen and oxygen atoms in total. The van der Waals surface area contributed by atoms with Gasteiger partial charge in [0.15, 0.2) is 0 Å². The maximum absolute atomic E-state index is 10.4. The zero-order valence-corrected chi connectivity index (χ0v) is 29.4. The molecule has 0 spiro atoms. The van der Waals surface area contributed by atoms with Crippen LogP contribution in [-0.2, 0) is 10.8 Å². The van der Waals surface area contributed by atoms with Crippen LogP contribution in [0.2, 0.25) is 0 Å². The Bertz CT molecular complexity index is 2620. The summed E-state index contributed by atoms with van der Waals surface area (Å²) in [6, 6.07) is 38.8. The van der Waals surface area contributed by atoms with Crippen LogP contribution in [0.25, 0.3) is 55.2 Å². The molecule has 0 N–H and O–H groups in total. The first-order chi connectivity index (χ1) is 23.5. The summed E-state index contributed by atoms with van der Waals surface area (Å²) in [4.78, 5) is 11.7. The van der Waals surface area contributed by atoms with Gasteiger partial charge in [0.05, 0.1) is 27.6 Å². The molecule has 8 rings (SSSR count). The van der Waals surface area contributed by atoms with Gasteiger partial charge in [-0.05, 0) is 82.6 Å². The van der Waals surface area contributed by atoms with E-state index in [0.717, 1.165) is 54.3 Å². The Kier molecular flexibility index (Phi) is 7.17. The number of pyridine rings is 2. The van der Waals surface area contributed by atoms with E-state index in [2.05, 4.69) is 154 Å². The number of benzene rings is 4. The van der Waals surface area contributed by atoms with Crippen LogP contribution in [0.15, 0.2) is 125 Å². The molecule has 0 unspecified atom stereocenters.